The molecule has 2 nitrogen and oxygen atoms in total. The summed E-state index contributed by atoms with van der Waals surface area (Å²) < 4.78 is 0. The van der Waals surface area contributed by atoms with Gasteiger partial charge in [0, 0.05) is 12.5 Å². The zero-order valence-electron chi connectivity index (χ0n) is 16.3. The summed E-state index contributed by atoms with van der Waals surface area (Å²) in [6.07, 6.45) is 12.2. The van der Waals surface area contributed by atoms with E-state index in [0.29, 0.717) is 12.5 Å². The van der Waals surface area contributed by atoms with Crippen LogP contribution < -0.4 is 11.1 Å². The summed E-state index contributed by atoms with van der Waals surface area (Å²) in [4.78, 5) is 0. The highest BCUT2D eigenvalue weighted by atomic mass is 14.8. The van der Waals surface area contributed by atoms with Gasteiger partial charge in [-0.1, -0.05) is 73.8 Å². The number of rotatable bonds is 5. The van der Waals surface area contributed by atoms with E-state index in [1.165, 1.54) is 25.7 Å². The van der Waals surface area contributed by atoms with Gasteiger partial charge in [0.15, 0.2) is 0 Å². The molecule has 130 valence electrons. The van der Waals surface area contributed by atoms with Crippen LogP contribution in [0.5, 0.6) is 0 Å². The molecule has 0 amide bonds. The Balaban J connectivity index is -0.0000000522. The highest BCUT2D eigenvalue weighted by Gasteiger charge is 1.76. The first-order valence-corrected chi connectivity index (χ1v) is 8.43. The zero-order chi connectivity index (χ0) is 17.9. The fourth-order valence-corrected chi connectivity index (χ4v) is 0.287. The molecular weight excluding hydrogens is 256 g/mol. The van der Waals surface area contributed by atoms with Crippen molar-refractivity contribution in [3.05, 3.63) is 12.7 Å². The minimum absolute atomic E-state index is 0.634. The monoisotopic (exact) mass is 300 g/mol. The smallest absolute Gasteiger partial charge is 0.0264 e. The maximum atomic E-state index is 5.14. The second kappa shape index (κ2) is 50.7. The Morgan fingerprint density at radius 1 is 1.14 bits per heavy atom. The normalized spacial score (nSPS) is 7.29. The molecule has 0 aromatic heterocycles. The van der Waals surface area contributed by atoms with Gasteiger partial charge in [0.25, 0.3) is 0 Å². The van der Waals surface area contributed by atoms with E-state index in [9.17, 15) is 0 Å². The standard InChI is InChI=1S/C5H6.2C4H11N.C4H10.C2H6/c1-3-5-4-2;1-4(2)5-3;1-2-3-4-5;1-3-4-2;1-2/h1,4H,2,5H2;4-5H,1-3H3;2-5H2,1H3;3-4H2,1-2H3;1-2H3. The maximum Gasteiger partial charge on any atom is 0.0264 e. The summed E-state index contributed by atoms with van der Waals surface area (Å²) in [5, 5.41) is 3.03. The lowest BCUT2D eigenvalue weighted by molar-refractivity contribution is 0.668. The fraction of sp³-hybridized carbons (Fsp3) is 0.789. The fourth-order valence-electron chi connectivity index (χ4n) is 0.287. The number of hydrogen-bond donors (Lipinski definition) is 2. The van der Waals surface area contributed by atoms with Crippen LogP contribution in [0.15, 0.2) is 12.7 Å². The van der Waals surface area contributed by atoms with E-state index in [4.69, 9.17) is 12.2 Å². The van der Waals surface area contributed by atoms with Crippen molar-refractivity contribution in [1.82, 2.24) is 5.32 Å². The van der Waals surface area contributed by atoms with E-state index in [1.807, 2.05) is 20.9 Å². The van der Waals surface area contributed by atoms with Crippen LogP contribution in [0.3, 0.4) is 0 Å². The number of nitrogens with one attached hydrogen (secondary N) is 1. The summed E-state index contributed by atoms with van der Waals surface area (Å²) in [6, 6.07) is 0.634. The van der Waals surface area contributed by atoms with E-state index >= 15 is 0 Å². The second-order valence-corrected chi connectivity index (χ2v) is 4.28. The van der Waals surface area contributed by atoms with Gasteiger partial charge in [-0.3, -0.25) is 0 Å². The van der Waals surface area contributed by atoms with Crippen LogP contribution in [0.2, 0.25) is 0 Å². The summed E-state index contributed by atoms with van der Waals surface area (Å²) in [5.41, 5.74) is 5.14. The first-order valence-electron chi connectivity index (χ1n) is 8.43. The van der Waals surface area contributed by atoms with Gasteiger partial charge in [-0.05, 0) is 20.0 Å². The van der Waals surface area contributed by atoms with Crippen LogP contribution in [0, 0.1) is 12.3 Å². The molecule has 0 aliphatic carbocycles. The number of nitrogens with two attached hydrogens (primary N) is 1. The Labute approximate surface area is 137 Å². The summed E-state index contributed by atoms with van der Waals surface area (Å²) in [7, 11) is 1.95. The van der Waals surface area contributed by atoms with Crippen molar-refractivity contribution in [3.8, 4) is 12.3 Å². The minimum Gasteiger partial charge on any atom is -0.330 e. The highest BCUT2D eigenvalue weighted by Crippen LogP contribution is 1.77. The molecule has 3 N–H and O–H groups in total. The molecule has 0 rings (SSSR count). The van der Waals surface area contributed by atoms with Gasteiger partial charge in [0.05, 0.1) is 0 Å². The third-order valence-electron chi connectivity index (χ3n) is 1.90. The topological polar surface area (TPSA) is 38.0 Å². The summed E-state index contributed by atoms with van der Waals surface area (Å²) in [6.45, 7) is 19.0. The molecule has 0 aromatic rings. The molecule has 2 heteroatoms. The van der Waals surface area contributed by atoms with Gasteiger partial charge in [0.1, 0.15) is 0 Å². The Morgan fingerprint density at radius 3 is 1.52 bits per heavy atom. The SMILES string of the molecule is C#CCC=C.CC.CCCC.CCCCN.CNC(C)C. The van der Waals surface area contributed by atoms with Gasteiger partial charge in [-0.25, -0.2) is 0 Å². The number of terminal acetylenes is 1. The van der Waals surface area contributed by atoms with Crippen molar-refractivity contribution in [3.63, 3.8) is 0 Å². The van der Waals surface area contributed by atoms with Gasteiger partial charge < -0.3 is 11.1 Å². The molecule has 0 aliphatic heterocycles. The van der Waals surface area contributed by atoms with Gasteiger partial charge in [-0.15, -0.1) is 18.9 Å². The van der Waals surface area contributed by atoms with E-state index in [-0.39, 0.29) is 0 Å². The molecule has 0 unspecified atom stereocenters. The van der Waals surface area contributed by atoms with Crippen molar-refractivity contribution in [2.75, 3.05) is 13.6 Å². The van der Waals surface area contributed by atoms with E-state index in [0.717, 1.165) is 6.54 Å². The van der Waals surface area contributed by atoms with Crippen LogP contribution in [0.25, 0.3) is 0 Å². The predicted molar refractivity (Wildman–Crippen MR) is 104 cm³/mol. The van der Waals surface area contributed by atoms with Crippen molar-refractivity contribution < 1.29 is 0 Å². The lowest BCUT2D eigenvalue weighted by Gasteiger charge is -1.95. The zero-order valence-corrected chi connectivity index (χ0v) is 16.3. The molecule has 21 heavy (non-hydrogen) atoms. The third-order valence-corrected chi connectivity index (χ3v) is 1.90. The Bertz CT molecular complexity index is 153. The molecule has 0 saturated carbocycles. The molecule has 0 spiro atoms. The maximum absolute atomic E-state index is 5.14. The van der Waals surface area contributed by atoms with Crippen molar-refractivity contribution in [2.24, 2.45) is 5.73 Å². The molecule has 0 fully saturated rings. The average Bonchev–Trinajstić information content (AvgIpc) is 2.52. The molecule has 0 atom stereocenters. The van der Waals surface area contributed by atoms with Crippen molar-refractivity contribution in [2.45, 2.75) is 86.6 Å². The summed E-state index contributed by atoms with van der Waals surface area (Å²) in [5.74, 6) is 2.40. The first-order chi connectivity index (χ1) is 10.0. The number of allylic oxidation sites excluding steroid dienone is 1. The second-order valence-electron chi connectivity index (χ2n) is 4.28. The molecule has 0 bridgehead atoms. The first kappa shape index (κ1) is 32.2. The summed E-state index contributed by atoms with van der Waals surface area (Å²) >= 11 is 0. The third kappa shape index (κ3) is 147. The number of hydrogen-bond acceptors (Lipinski definition) is 2. The molecule has 0 aromatic carbocycles. The Hall–Kier alpha value is -0.780. The lowest BCUT2D eigenvalue weighted by Crippen LogP contribution is -2.15. The minimum atomic E-state index is 0.634. The molecule has 0 radical (unpaired) electrons. The number of unbranched alkanes of at least 4 members (excludes halogenated alkanes) is 2. The predicted octanol–water partition coefficient (Wildman–Crippen LogP) is 5.39. The lowest BCUT2D eigenvalue weighted by atomic mass is 10.3. The van der Waals surface area contributed by atoms with Gasteiger partial charge in [-0.2, -0.15) is 0 Å². The molecular formula is C19H44N2. The van der Waals surface area contributed by atoms with Crippen LogP contribution in [0.4, 0.5) is 0 Å². The van der Waals surface area contributed by atoms with E-state index in [2.05, 4.69) is 52.4 Å². The van der Waals surface area contributed by atoms with Crippen LogP contribution in [0.1, 0.15) is 80.6 Å². The van der Waals surface area contributed by atoms with Crippen molar-refractivity contribution in [1.29, 1.82) is 0 Å². The van der Waals surface area contributed by atoms with Gasteiger partial charge in [0.2, 0.25) is 0 Å². The van der Waals surface area contributed by atoms with Crippen LogP contribution >= 0.6 is 0 Å². The molecule has 0 heterocycles. The van der Waals surface area contributed by atoms with E-state index in [1.54, 1.807) is 6.08 Å². The highest BCUT2D eigenvalue weighted by molar-refractivity contribution is 4.91. The van der Waals surface area contributed by atoms with Gasteiger partial charge >= 0.3 is 0 Å². The Morgan fingerprint density at radius 2 is 1.52 bits per heavy atom. The largest absolute Gasteiger partial charge is 0.330 e. The van der Waals surface area contributed by atoms with Crippen molar-refractivity contribution >= 4 is 0 Å². The Kier molecular flexibility index (Phi) is 77.8. The average molecular weight is 301 g/mol. The molecule has 0 aliphatic rings. The van der Waals surface area contributed by atoms with Crippen LogP contribution in [-0.4, -0.2) is 19.6 Å². The van der Waals surface area contributed by atoms with Crippen LogP contribution in [-0.2, 0) is 0 Å². The molecule has 0 saturated heterocycles. The quantitative estimate of drug-likeness (QED) is 0.528. The van der Waals surface area contributed by atoms with E-state index < -0.39 is 0 Å².